The number of unbranched alkanes of at least 4 members (excludes halogenated alkanes) is 2. The van der Waals surface area contributed by atoms with Crippen molar-refractivity contribution in [2.45, 2.75) is 84.0 Å². The van der Waals surface area contributed by atoms with E-state index in [-0.39, 0.29) is 5.41 Å². The Labute approximate surface area is 176 Å². The van der Waals surface area contributed by atoms with Gasteiger partial charge in [-0.3, -0.25) is 9.11 Å². The number of nitrogens with zero attached hydrogens (tertiary/aromatic N) is 1. The van der Waals surface area contributed by atoms with E-state index in [4.69, 9.17) is 0 Å². The SMILES string of the molecule is C#C.CC.CCCCC1(CCCC)CCc2cc(N(C)C)ccc2S(O)(O)C1. The van der Waals surface area contributed by atoms with Gasteiger partial charge in [0.1, 0.15) is 0 Å². The van der Waals surface area contributed by atoms with E-state index in [1.165, 1.54) is 25.7 Å². The Morgan fingerprint density at radius 1 is 1.04 bits per heavy atom. The molecule has 0 aliphatic carbocycles. The number of terminal acetylenes is 1. The second-order valence-electron chi connectivity index (χ2n) is 7.70. The highest BCUT2D eigenvalue weighted by atomic mass is 32.3. The molecule has 28 heavy (non-hydrogen) atoms. The van der Waals surface area contributed by atoms with Crippen LogP contribution in [0.1, 0.15) is 78.2 Å². The van der Waals surface area contributed by atoms with Crippen LogP contribution in [-0.4, -0.2) is 29.0 Å². The fourth-order valence-corrected chi connectivity index (χ4v) is 6.27. The minimum absolute atomic E-state index is 0.0855. The monoisotopic (exact) mass is 409 g/mol. The molecule has 3 nitrogen and oxygen atoms in total. The maximum absolute atomic E-state index is 11.0. The van der Waals surface area contributed by atoms with E-state index in [9.17, 15) is 9.11 Å². The summed E-state index contributed by atoms with van der Waals surface area (Å²) in [6.45, 7) is 8.45. The van der Waals surface area contributed by atoms with E-state index in [1.807, 2.05) is 40.1 Å². The van der Waals surface area contributed by atoms with Crippen LogP contribution in [0.2, 0.25) is 0 Å². The molecule has 0 aromatic heterocycles. The highest BCUT2D eigenvalue weighted by Gasteiger charge is 2.38. The van der Waals surface area contributed by atoms with Crippen LogP contribution in [0.5, 0.6) is 0 Å². The predicted molar refractivity (Wildman–Crippen MR) is 128 cm³/mol. The minimum atomic E-state index is -2.71. The number of aryl methyl sites for hydroxylation is 1. The van der Waals surface area contributed by atoms with Crippen LogP contribution in [0.15, 0.2) is 23.1 Å². The molecule has 0 saturated carbocycles. The molecule has 0 bridgehead atoms. The van der Waals surface area contributed by atoms with Gasteiger partial charge in [-0.2, -0.15) is 10.6 Å². The molecule has 0 unspecified atom stereocenters. The lowest BCUT2D eigenvalue weighted by Crippen LogP contribution is -2.28. The zero-order valence-corrected chi connectivity index (χ0v) is 19.8. The molecule has 1 aliphatic heterocycles. The molecule has 1 aromatic carbocycles. The van der Waals surface area contributed by atoms with Gasteiger partial charge in [-0.25, -0.2) is 0 Å². The maximum Gasteiger partial charge on any atom is 0.0617 e. The van der Waals surface area contributed by atoms with Crippen LogP contribution in [0.3, 0.4) is 0 Å². The number of benzene rings is 1. The fourth-order valence-electron chi connectivity index (χ4n) is 3.96. The van der Waals surface area contributed by atoms with Crippen molar-refractivity contribution >= 4 is 16.3 Å². The summed E-state index contributed by atoms with van der Waals surface area (Å²) < 4.78 is 22.0. The zero-order chi connectivity index (χ0) is 21.8. The van der Waals surface area contributed by atoms with Gasteiger partial charge >= 0.3 is 0 Å². The van der Waals surface area contributed by atoms with Crippen LogP contribution in [0.4, 0.5) is 5.69 Å². The van der Waals surface area contributed by atoms with Gasteiger partial charge < -0.3 is 4.90 Å². The molecule has 1 heterocycles. The number of hydrogen-bond acceptors (Lipinski definition) is 3. The third-order valence-corrected chi connectivity index (χ3v) is 7.58. The van der Waals surface area contributed by atoms with Crippen molar-refractivity contribution in [3.05, 3.63) is 23.8 Å². The van der Waals surface area contributed by atoms with Crippen LogP contribution < -0.4 is 4.90 Å². The molecule has 0 saturated heterocycles. The maximum atomic E-state index is 11.0. The van der Waals surface area contributed by atoms with Gasteiger partial charge in [0.15, 0.2) is 0 Å². The smallest absolute Gasteiger partial charge is 0.0617 e. The summed E-state index contributed by atoms with van der Waals surface area (Å²) in [4.78, 5) is 2.88. The molecule has 4 heteroatoms. The normalized spacial score (nSPS) is 17.5. The van der Waals surface area contributed by atoms with E-state index in [0.29, 0.717) is 5.75 Å². The molecule has 2 N–H and O–H groups in total. The zero-order valence-electron chi connectivity index (χ0n) is 19.0. The molecule has 0 spiro atoms. The highest BCUT2D eigenvalue weighted by molar-refractivity contribution is 8.24. The first kappa shape index (κ1) is 26.9. The summed E-state index contributed by atoms with van der Waals surface area (Å²) in [7, 11) is 1.35. The van der Waals surface area contributed by atoms with Crippen LogP contribution in [0.25, 0.3) is 0 Å². The largest absolute Gasteiger partial charge is 0.378 e. The Morgan fingerprint density at radius 2 is 1.57 bits per heavy atom. The lowest BCUT2D eigenvalue weighted by Gasteiger charge is -2.42. The van der Waals surface area contributed by atoms with E-state index in [0.717, 1.165) is 41.8 Å². The molecule has 0 atom stereocenters. The molecule has 0 amide bonds. The standard InChI is InChI=1S/C20H35NO2S.C2H6.C2H2/c1-5-7-12-20(13-8-6-2)14-11-17-15-18(21(3)4)9-10-19(17)24(22,23)16-20;2*1-2/h9-10,15,22-23H,5-8,11-14,16H2,1-4H3;1-2H3;1-2H. The summed E-state index contributed by atoms with van der Waals surface area (Å²) in [5, 5.41) is 0. The first-order valence-corrected chi connectivity index (χ1v) is 12.4. The van der Waals surface area contributed by atoms with Crippen molar-refractivity contribution in [2.24, 2.45) is 5.41 Å². The summed E-state index contributed by atoms with van der Waals surface area (Å²) in [5.41, 5.74) is 2.36. The molecule has 0 radical (unpaired) electrons. The van der Waals surface area contributed by atoms with Crippen LogP contribution in [-0.2, 0) is 6.42 Å². The summed E-state index contributed by atoms with van der Waals surface area (Å²) in [6.07, 6.45) is 17.0. The lowest BCUT2D eigenvalue weighted by molar-refractivity contribution is 0.236. The van der Waals surface area contributed by atoms with Gasteiger partial charge in [0, 0.05) is 25.5 Å². The van der Waals surface area contributed by atoms with Crippen LogP contribution in [0, 0.1) is 18.3 Å². The Kier molecular flexibility index (Phi) is 12.6. The van der Waals surface area contributed by atoms with Gasteiger partial charge in [-0.1, -0.05) is 53.4 Å². The molecular weight excluding hydrogens is 366 g/mol. The molecular formula is C24H43NO2S. The van der Waals surface area contributed by atoms with Gasteiger partial charge in [0.25, 0.3) is 0 Å². The molecule has 0 fully saturated rings. The molecule has 1 aliphatic rings. The Hall–Kier alpha value is -1.15. The average molecular weight is 410 g/mol. The summed E-state index contributed by atoms with van der Waals surface area (Å²) in [5.74, 6) is 0.550. The fraction of sp³-hybridized carbons (Fsp3) is 0.667. The topological polar surface area (TPSA) is 43.7 Å². The lowest BCUT2D eigenvalue weighted by atomic mass is 9.75. The molecule has 1 aromatic rings. The van der Waals surface area contributed by atoms with E-state index in [1.54, 1.807) is 0 Å². The molecule has 2 rings (SSSR count). The van der Waals surface area contributed by atoms with Crippen molar-refractivity contribution in [1.29, 1.82) is 0 Å². The van der Waals surface area contributed by atoms with Crippen molar-refractivity contribution in [3.8, 4) is 12.8 Å². The average Bonchev–Trinajstić information content (AvgIpc) is 2.82. The Bertz CT molecular complexity index is 573. The van der Waals surface area contributed by atoms with E-state index >= 15 is 0 Å². The highest BCUT2D eigenvalue weighted by Crippen LogP contribution is 2.59. The first-order valence-electron chi connectivity index (χ1n) is 10.7. The van der Waals surface area contributed by atoms with E-state index in [2.05, 4.69) is 37.7 Å². The minimum Gasteiger partial charge on any atom is -0.378 e. The second kappa shape index (κ2) is 13.1. The predicted octanol–water partition coefficient (Wildman–Crippen LogP) is 7.45. The third-order valence-electron chi connectivity index (χ3n) is 5.47. The van der Waals surface area contributed by atoms with Crippen molar-refractivity contribution in [1.82, 2.24) is 0 Å². The van der Waals surface area contributed by atoms with E-state index < -0.39 is 10.6 Å². The number of fused-ring (bicyclic) bond motifs is 1. The quantitative estimate of drug-likeness (QED) is 0.460. The van der Waals surface area contributed by atoms with Gasteiger partial charge in [-0.15, -0.1) is 12.8 Å². The van der Waals surface area contributed by atoms with Crippen LogP contribution >= 0.6 is 10.6 Å². The summed E-state index contributed by atoms with van der Waals surface area (Å²) >= 11 is 0. The number of rotatable bonds is 7. The van der Waals surface area contributed by atoms with Gasteiger partial charge in [0.05, 0.1) is 4.90 Å². The Balaban J connectivity index is 0.00000171. The molecule has 162 valence electrons. The number of hydrogen-bond donors (Lipinski definition) is 2. The van der Waals surface area contributed by atoms with Crippen molar-refractivity contribution < 1.29 is 9.11 Å². The number of anilines is 1. The third kappa shape index (κ3) is 7.35. The van der Waals surface area contributed by atoms with Gasteiger partial charge in [-0.05, 0) is 54.9 Å². The second-order valence-corrected chi connectivity index (χ2v) is 9.77. The van der Waals surface area contributed by atoms with Crippen molar-refractivity contribution in [3.63, 3.8) is 0 Å². The summed E-state index contributed by atoms with van der Waals surface area (Å²) in [6, 6.07) is 6.12. The van der Waals surface area contributed by atoms with Gasteiger partial charge in [0.2, 0.25) is 0 Å². The van der Waals surface area contributed by atoms with Crippen molar-refractivity contribution in [2.75, 3.05) is 24.7 Å². The Morgan fingerprint density at radius 3 is 2.04 bits per heavy atom. The first-order chi connectivity index (χ1) is 13.3.